The minimum absolute atomic E-state index is 0.0647. The molecule has 5 rings (SSSR count). The Morgan fingerprint density at radius 1 is 0.974 bits per heavy atom. The Morgan fingerprint density at radius 2 is 1.66 bits per heavy atom. The van der Waals surface area contributed by atoms with Crippen LogP contribution in [0.25, 0.3) is 26.5 Å². The largest absolute Gasteiger partial charge is 0.399 e. The van der Waals surface area contributed by atoms with Crippen molar-refractivity contribution >= 4 is 38.8 Å². The fourth-order valence-electron chi connectivity index (χ4n) is 4.21. The minimum atomic E-state index is -0.816. The van der Waals surface area contributed by atoms with Gasteiger partial charge in [0.15, 0.2) is 11.0 Å². The van der Waals surface area contributed by atoms with Gasteiger partial charge in [-0.25, -0.2) is 18.1 Å². The van der Waals surface area contributed by atoms with E-state index in [4.69, 9.17) is 17.3 Å². The molecule has 2 aromatic carbocycles. The molecule has 0 fully saturated rings. The van der Waals surface area contributed by atoms with E-state index >= 15 is 0 Å². The molecule has 38 heavy (non-hydrogen) atoms. The minimum Gasteiger partial charge on any atom is -0.399 e. The molecule has 0 bridgehead atoms. The lowest BCUT2D eigenvalue weighted by atomic mass is 10.1. The van der Waals surface area contributed by atoms with E-state index in [1.165, 1.54) is 34.1 Å². The van der Waals surface area contributed by atoms with E-state index in [9.17, 15) is 18.4 Å². The topological polar surface area (TPSA) is 99.0 Å². The first-order chi connectivity index (χ1) is 18.2. The Labute approximate surface area is 224 Å². The fourth-order valence-corrected chi connectivity index (χ4v) is 5.62. The van der Waals surface area contributed by atoms with Gasteiger partial charge in [0, 0.05) is 22.7 Å². The van der Waals surface area contributed by atoms with Crippen LogP contribution in [0.5, 0.6) is 0 Å². The zero-order valence-corrected chi connectivity index (χ0v) is 21.9. The molecule has 0 aliphatic carbocycles. The Balaban J connectivity index is 1.91. The summed E-state index contributed by atoms with van der Waals surface area (Å²) in [5.41, 5.74) is 6.14. The highest BCUT2D eigenvalue weighted by Gasteiger charge is 2.25. The van der Waals surface area contributed by atoms with E-state index in [0.29, 0.717) is 17.8 Å². The van der Waals surface area contributed by atoms with Crippen LogP contribution in [0.15, 0.2) is 64.2 Å². The molecule has 0 saturated heterocycles. The van der Waals surface area contributed by atoms with Crippen molar-refractivity contribution in [1.82, 2.24) is 24.2 Å². The first kappa shape index (κ1) is 25.7. The van der Waals surface area contributed by atoms with Crippen LogP contribution in [-0.2, 0) is 13.1 Å². The summed E-state index contributed by atoms with van der Waals surface area (Å²) in [4.78, 5) is 30.6. The number of nitrogen functional groups attached to an aromatic ring is 1. The van der Waals surface area contributed by atoms with Gasteiger partial charge >= 0.3 is 5.69 Å². The smallest absolute Gasteiger partial charge is 0.338 e. The molecule has 0 atom stereocenters. The molecular formula is C26H21ClF2N6O2S. The van der Waals surface area contributed by atoms with Gasteiger partial charge in [-0.2, -0.15) is 0 Å². The Hall–Kier alpha value is -3.93. The zero-order valence-electron chi connectivity index (χ0n) is 20.3. The summed E-state index contributed by atoms with van der Waals surface area (Å²) in [6.07, 6.45) is 0. The Morgan fingerprint density at radius 3 is 2.26 bits per heavy atom. The number of fused-ring (bicyclic) bond motifs is 1. The van der Waals surface area contributed by atoms with Crippen molar-refractivity contribution in [3.8, 4) is 16.3 Å². The Kier molecular flexibility index (Phi) is 6.82. The molecule has 0 spiro atoms. The summed E-state index contributed by atoms with van der Waals surface area (Å²) in [7, 11) is 3.70. The van der Waals surface area contributed by atoms with Gasteiger partial charge in [0.25, 0.3) is 5.56 Å². The molecular weight excluding hydrogens is 534 g/mol. The average Bonchev–Trinajstić information content (AvgIpc) is 3.23. The Bertz CT molecular complexity index is 1760. The molecule has 12 heteroatoms. The van der Waals surface area contributed by atoms with Crippen LogP contribution in [0.2, 0.25) is 5.15 Å². The number of rotatable bonds is 6. The molecule has 8 nitrogen and oxygen atoms in total. The third kappa shape index (κ3) is 4.60. The third-order valence-electron chi connectivity index (χ3n) is 5.94. The quantitative estimate of drug-likeness (QED) is 0.314. The van der Waals surface area contributed by atoms with E-state index in [1.807, 2.05) is 31.1 Å². The van der Waals surface area contributed by atoms with Gasteiger partial charge < -0.3 is 10.6 Å². The second kappa shape index (κ2) is 10.1. The van der Waals surface area contributed by atoms with E-state index in [0.717, 1.165) is 27.1 Å². The molecule has 2 N–H and O–H groups in total. The number of benzene rings is 2. The van der Waals surface area contributed by atoms with Crippen LogP contribution >= 0.6 is 22.9 Å². The standard InChI is InChI=1S/C26H21ClF2N6O2S/c1-33(2)12-17-22-24(36)35(21-11-10-20(27)31-32-21)26(37)34(13-16-18(28)4-3-5-19(16)29)25(22)38-23(17)14-6-8-15(30)9-7-14/h3-11H,12-13,30H2,1-2H3. The third-order valence-corrected chi connectivity index (χ3v) is 7.45. The van der Waals surface area contributed by atoms with E-state index in [2.05, 4.69) is 10.2 Å². The maximum absolute atomic E-state index is 14.7. The zero-order chi connectivity index (χ0) is 27.1. The van der Waals surface area contributed by atoms with Crippen molar-refractivity contribution in [2.45, 2.75) is 13.1 Å². The van der Waals surface area contributed by atoms with Gasteiger partial charge in [-0.05, 0) is 61.6 Å². The molecule has 0 saturated carbocycles. The van der Waals surface area contributed by atoms with Crippen LogP contribution in [0.1, 0.15) is 11.1 Å². The summed E-state index contributed by atoms with van der Waals surface area (Å²) < 4.78 is 31.4. The number of nitrogens with zero attached hydrogens (tertiary/aromatic N) is 5. The summed E-state index contributed by atoms with van der Waals surface area (Å²) in [6, 6.07) is 13.4. The molecule has 194 valence electrons. The van der Waals surface area contributed by atoms with Crippen molar-refractivity contribution in [3.05, 3.63) is 103 Å². The van der Waals surface area contributed by atoms with Crippen LogP contribution in [-0.4, -0.2) is 38.3 Å². The van der Waals surface area contributed by atoms with E-state index in [1.54, 1.807) is 12.1 Å². The molecule has 3 aromatic heterocycles. The van der Waals surface area contributed by atoms with Crippen molar-refractivity contribution in [2.75, 3.05) is 19.8 Å². The molecule has 0 radical (unpaired) electrons. The summed E-state index contributed by atoms with van der Waals surface area (Å²) >= 11 is 7.07. The molecule has 0 unspecified atom stereocenters. The summed E-state index contributed by atoms with van der Waals surface area (Å²) in [6.45, 7) is -0.0915. The predicted molar refractivity (Wildman–Crippen MR) is 145 cm³/mol. The van der Waals surface area contributed by atoms with Crippen molar-refractivity contribution in [3.63, 3.8) is 0 Å². The van der Waals surface area contributed by atoms with E-state index in [-0.39, 0.29) is 26.8 Å². The van der Waals surface area contributed by atoms with Crippen molar-refractivity contribution in [1.29, 1.82) is 0 Å². The number of nitrogens with two attached hydrogens (primary N) is 1. The van der Waals surface area contributed by atoms with Crippen LogP contribution < -0.4 is 17.0 Å². The lowest BCUT2D eigenvalue weighted by Crippen LogP contribution is -2.39. The first-order valence-electron chi connectivity index (χ1n) is 11.4. The summed E-state index contributed by atoms with van der Waals surface area (Å²) in [5.74, 6) is -1.68. The van der Waals surface area contributed by atoms with Crippen molar-refractivity contribution < 1.29 is 8.78 Å². The fraction of sp³-hybridized carbons (Fsp3) is 0.154. The average molecular weight is 555 g/mol. The highest BCUT2D eigenvalue weighted by molar-refractivity contribution is 7.22. The number of hydrogen-bond acceptors (Lipinski definition) is 7. The molecule has 3 heterocycles. The summed E-state index contributed by atoms with van der Waals surface area (Å²) in [5, 5.41) is 8.00. The van der Waals surface area contributed by atoms with Crippen LogP contribution in [0.3, 0.4) is 0 Å². The molecule has 5 aromatic rings. The molecule has 0 aliphatic rings. The lowest BCUT2D eigenvalue weighted by molar-refractivity contribution is 0.405. The highest BCUT2D eigenvalue weighted by atomic mass is 35.5. The maximum Gasteiger partial charge on any atom is 0.338 e. The SMILES string of the molecule is CN(C)Cc1c(-c2ccc(N)cc2)sc2c1c(=O)n(-c1ccc(Cl)nn1)c(=O)n2Cc1c(F)cccc1F. The lowest BCUT2D eigenvalue weighted by Gasteiger charge is -2.14. The number of hydrogen-bond donors (Lipinski definition) is 1. The number of aromatic nitrogens is 4. The van der Waals surface area contributed by atoms with Gasteiger partial charge in [0.2, 0.25) is 0 Å². The second-order valence-corrected chi connectivity index (χ2v) is 10.3. The second-order valence-electron chi connectivity index (χ2n) is 8.87. The first-order valence-corrected chi connectivity index (χ1v) is 12.6. The normalized spacial score (nSPS) is 11.5. The van der Waals surface area contributed by atoms with E-state index < -0.39 is 29.4 Å². The van der Waals surface area contributed by atoms with Crippen LogP contribution in [0, 0.1) is 11.6 Å². The maximum atomic E-state index is 14.7. The highest BCUT2D eigenvalue weighted by Crippen LogP contribution is 2.38. The van der Waals surface area contributed by atoms with Crippen molar-refractivity contribution in [2.24, 2.45) is 0 Å². The number of thiophene rings is 1. The van der Waals surface area contributed by atoms with Gasteiger partial charge in [-0.3, -0.25) is 9.36 Å². The molecule has 0 amide bonds. The van der Waals surface area contributed by atoms with Gasteiger partial charge in [0.1, 0.15) is 16.5 Å². The monoisotopic (exact) mass is 554 g/mol. The van der Waals surface area contributed by atoms with Crippen LogP contribution in [0.4, 0.5) is 14.5 Å². The van der Waals surface area contributed by atoms with Gasteiger partial charge in [-0.1, -0.05) is 29.8 Å². The van der Waals surface area contributed by atoms with Gasteiger partial charge in [-0.15, -0.1) is 21.5 Å². The van der Waals surface area contributed by atoms with Gasteiger partial charge in [0.05, 0.1) is 11.9 Å². The number of anilines is 1. The predicted octanol–water partition coefficient (Wildman–Crippen LogP) is 4.29. The molecule has 0 aliphatic heterocycles. The number of halogens is 3.